The predicted octanol–water partition coefficient (Wildman–Crippen LogP) is 1.34. The number of hydrogen-bond donors (Lipinski definition) is 0. The molecule has 1 aliphatic heterocycles. The summed E-state index contributed by atoms with van der Waals surface area (Å²) in [6.45, 7) is 3.29. The number of rotatable bonds is 1. The number of aromatic nitrogens is 2. The van der Waals surface area contributed by atoms with Crippen LogP contribution in [0.5, 0.6) is 0 Å². The number of morpholine rings is 1. The van der Waals surface area contributed by atoms with Crippen molar-refractivity contribution in [1.29, 1.82) is 5.26 Å². The molecule has 0 saturated carbocycles. The van der Waals surface area contributed by atoms with Gasteiger partial charge in [0.2, 0.25) is 0 Å². The van der Waals surface area contributed by atoms with Crippen molar-refractivity contribution in [3.05, 3.63) is 30.2 Å². The zero-order chi connectivity index (χ0) is 12.4. The van der Waals surface area contributed by atoms with E-state index in [0.717, 1.165) is 42.9 Å². The van der Waals surface area contributed by atoms with Gasteiger partial charge in [0.25, 0.3) is 0 Å². The molecule has 0 unspecified atom stereocenters. The van der Waals surface area contributed by atoms with E-state index < -0.39 is 0 Å². The van der Waals surface area contributed by atoms with E-state index >= 15 is 0 Å². The second-order valence-electron chi connectivity index (χ2n) is 4.13. The Morgan fingerprint density at radius 2 is 2.06 bits per heavy atom. The Kier molecular flexibility index (Phi) is 2.79. The van der Waals surface area contributed by atoms with Crippen LogP contribution in [-0.2, 0) is 4.74 Å². The normalized spacial score (nSPS) is 15.6. The van der Waals surface area contributed by atoms with Crippen LogP contribution in [0.15, 0.2) is 24.5 Å². The zero-order valence-corrected chi connectivity index (χ0v) is 9.83. The third-order valence-corrected chi connectivity index (χ3v) is 3.10. The van der Waals surface area contributed by atoms with Crippen molar-refractivity contribution >= 4 is 16.6 Å². The van der Waals surface area contributed by atoms with Gasteiger partial charge in [0, 0.05) is 24.2 Å². The Morgan fingerprint density at radius 1 is 1.22 bits per heavy atom. The summed E-state index contributed by atoms with van der Waals surface area (Å²) in [4.78, 5) is 10.4. The number of fused-ring (bicyclic) bond motifs is 1. The molecule has 1 aromatic carbocycles. The summed E-state index contributed by atoms with van der Waals surface area (Å²) in [6.07, 6.45) is 1.43. The first-order valence-corrected chi connectivity index (χ1v) is 5.86. The molecule has 90 valence electrons. The average Bonchev–Trinajstić information content (AvgIpc) is 2.47. The van der Waals surface area contributed by atoms with Crippen LogP contribution in [0.2, 0.25) is 0 Å². The fourth-order valence-corrected chi connectivity index (χ4v) is 2.15. The molecule has 1 aromatic heterocycles. The molecule has 2 aromatic rings. The fraction of sp³-hybridized carbons (Fsp3) is 0.308. The van der Waals surface area contributed by atoms with Gasteiger partial charge < -0.3 is 9.64 Å². The topological polar surface area (TPSA) is 62.0 Å². The number of anilines is 1. The van der Waals surface area contributed by atoms with Gasteiger partial charge in [-0.3, -0.25) is 0 Å². The standard InChI is InChI=1S/C13H12N4O/c14-8-13-11-2-1-10(7-12(11)15-9-16-13)17-3-5-18-6-4-17/h1-2,7,9H,3-6H2. The first kappa shape index (κ1) is 10.9. The second-order valence-corrected chi connectivity index (χ2v) is 4.13. The molecule has 0 bridgehead atoms. The van der Waals surface area contributed by atoms with Gasteiger partial charge >= 0.3 is 0 Å². The van der Waals surface area contributed by atoms with Crippen molar-refractivity contribution in [2.75, 3.05) is 31.2 Å². The number of nitriles is 1. The fourth-order valence-electron chi connectivity index (χ4n) is 2.15. The van der Waals surface area contributed by atoms with Gasteiger partial charge in [0.15, 0.2) is 5.69 Å². The third-order valence-electron chi connectivity index (χ3n) is 3.10. The number of benzene rings is 1. The highest BCUT2D eigenvalue weighted by molar-refractivity contribution is 5.85. The molecule has 1 saturated heterocycles. The summed E-state index contributed by atoms with van der Waals surface area (Å²) in [6, 6.07) is 8.01. The van der Waals surface area contributed by atoms with Gasteiger partial charge in [-0.2, -0.15) is 5.26 Å². The molecule has 0 atom stereocenters. The van der Waals surface area contributed by atoms with E-state index in [1.165, 1.54) is 6.33 Å². The summed E-state index contributed by atoms with van der Waals surface area (Å²) in [7, 11) is 0. The molecule has 1 fully saturated rings. The average molecular weight is 240 g/mol. The smallest absolute Gasteiger partial charge is 0.151 e. The number of hydrogen-bond acceptors (Lipinski definition) is 5. The van der Waals surface area contributed by atoms with E-state index in [-0.39, 0.29) is 0 Å². The minimum absolute atomic E-state index is 0.425. The Labute approximate surface area is 105 Å². The monoisotopic (exact) mass is 240 g/mol. The molecular formula is C13H12N4O. The number of ether oxygens (including phenoxy) is 1. The van der Waals surface area contributed by atoms with Gasteiger partial charge in [-0.05, 0) is 18.2 Å². The lowest BCUT2D eigenvalue weighted by molar-refractivity contribution is 0.122. The van der Waals surface area contributed by atoms with E-state index in [4.69, 9.17) is 10.00 Å². The lowest BCUT2D eigenvalue weighted by Crippen LogP contribution is -2.36. The second kappa shape index (κ2) is 4.59. The summed E-state index contributed by atoms with van der Waals surface area (Å²) in [5, 5.41) is 9.79. The predicted molar refractivity (Wildman–Crippen MR) is 67.3 cm³/mol. The van der Waals surface area contributed by atoms with Crippen LogP contribution in [0, 0.1) is 11.3 Å². The minimum Gasteiger partial charge on any atom is -0.378 e. The van der Waals surface area contributed by atoms with E-state index in [1.807, 2.05) is 18.2 Å². The number of nitrogens with zero attached hydrogens (tertiary/aromatic N) is 4. The van der Waals surface area contributed by atoms with E-state index in [1.54, 1.807) is 0 Å². The van der Waals surface area contributed by atoms with E-state index in [2.05, 4.69) is 20.9 Å². The molecule has 5 nitrogen and oxygen atoms in total. The highest BCUT2D eigenvalue weighted by atomic mass is 16.5. The van der Waals surface area contributed by atoms with Crippen molar-refractivity contribution < 1.29 is 4.74 Å². The van der Waals surface area contributed by atoms with Crippen molar-refractivity contribution in [2.45, 2.75) is 0 Å². The van der Waals surface area contributed by atoms with Crippen molar-refractivity contribution in [3.63, 3.8) is 0 Å². The van der Waals surface area contributed by atoms with Crippen LogP contribution in [0.25, 0.3) is 10.9 Å². The molecule has 0 spiro atoms. The van der Waals surface area contributed by atoms with Gasteiger partial charge in [-0.1, -0.05) is 0 Å². The molecule has 5 heteroatoms. The largest absolute Gasteiger partial charge is 0.378 e. The molecule has 0 N–H and O–H groups in total. The van der Waals surface area contributed by atoms with Crippen LogP contribution in [0.1, 0.15) is 5.69 Å². The molecule has 18 heavy (non-hydrogen) atoms. The van der Waals surface area contributed by atoms with Crippen LogP contribution in [0.4, 0.5) is 5.69 Å². The Bertz CT molecular complexity index is 614. The Morgan fingerprint density at radius 3 is 2.83 bits per heavy atom. The maximum Gasteiger partial charge on any atom is 0.151 e. The first-order chi connectivity index (χ1) is 8.88. The molecule has 0 radical (unpaired) electrons. The molecule has 0 aliphatic carbocycles. The van der Waals surface area contributed by atoms with E-state index in [9.17, 15) is 0 Å². The lowest BCUT2D eigenvalue weighted by atomic mass is 10.1. The molecule has 1 aliphatic rings. The van der Waals surface area contributed by atoms with Crippen LogP contribution in [-0.4, -0.2) is 36.3 Å². The maximum atomic E-state index is 8.99. The summed E-state index contributed by atoms with van der Waals surface area (Å²) < 4.78 is 5.33. The third kappa shape index (κ3) is 1.87. The highest BCUT2D eigenvalue weighted by Crippen LogP contribution is 2.22. The van der Waals surface area contributed by atoms with Gasteiger partial charge in [-0.25, -0.2) is 9.97 Å². The molecule has 3 rings (SSSR count). The highest BCUT2D eigenvalue weighted by Gasteiger charge is 2.12. The molecule has 2 heterocycles. The summed E-state index contributed by atoms with van der Waals surface area (Å²) in [5.74, 6) is 0. The SMILES string of the molecule is N#Cc1ncnc2cc(N3CCOCC3)ccc12. The first-order valence-electron chi connectivity index (χ1n) is 5.86. The molecular weight excluding hydrogens is 228 g/mol. The zero-order valence-electron chi connectivity index (χ0n) is 9.83. The van der Waals surface area contributed by atoms with Gasteiger partial charge in [0.1, 0.15) is 12.4 Å². The van der Waals surface area contributed by atoms with Crippen molar-refractivity contribution in [3.8, 4) is 6.07 Å². The lowest BCUT2D eigenvalue weighted by Gasteiger charge is -2.28. The Hall–Kier alpha value is -2.19. The van der Waals surface area contributed by atoms with Crippen molar-refractivity contribution in [2.24, 2.45) is 0 Å². The van der Waals surface area contributed by atoms with Crippen molar-refractivity contribution in [1.82, 2.24) is 9.97 Å². The Balaban J connectivity index is 2.03. The molecule has 0 amide bonds. The summed E-state index contributed by atoms with van der Waals surface area (Å²) in [5.41, 5.74) is 2.35. The van der Waals surface area contributed by atoms with Crippen LogP contribution < -0.4 is 4.90 Å². The maximum absolute atomic E-state index is 8.99. The minimum atomic E-state index is 0.425. The van der Waals surface area contributed by atoms with Crippen LogP contribution >= 0.6 is 0 Å². The van der Waals surface area contributed by atoms with E-state index in [0.29, 0.717) is 5.69 Å². The summed E-state index contributed by atoms with van der Waals surface area (Å²) >= 11 is 0. The quantitative estimate of drug-likeness (QED) is 0.752. The van der Waals surface area contributed by atoms with Gasteiger partial charge in [0.05, 0.1) is 18.7 Å². The van der Waals surface area contributed by atoms with Gasteiger partial charge in [-0.15, -0.1) is 0 Å². The van der Waals surface area contributed by atoms with Crippen LogP contribution in [0.3, 0.4) is 0 Å².